The minimum absolute atomic E-state index is 0.232. The van der Waals surface area contributed by atoms with Gasteiger partial charge in [0.05, 0.1) is 12.1 Å². The zero-order valence-electron chi connectivity index (χ0n) is 13.3. The minimum atomic E-state index is -0.435. The molecule has 1 amide bonds. The molecule has 124 valence electrons. The van der Waals surface area contributed by atoms with Crippen molar-refractivity contribution in [3.8, 4) is 0 Å². The molecule has 25 heavy (non-hydrogen) atoms. The molecule has 0 saturated carbocycles. The molecule has 0 spiro atoms. The van der Waals surface area contributed by atoms with Crippen molar-refractivity contribution >= 4 is 45.0 Å². The van der Waals surface area contributed by atoms with Crippen LogP contribution in [0.15, 0.2) is 65.0 Å². The summed E-state index contributed by atoms with van der Waals surface area (Å²) in [6, 6.07) is 18.0. The average molecular weight is 348 g/mol. The van der Waals surface area contributed by atoms with Crippen molar-refractivity contribution < 1.29 is 4.79 Å². The Kier molecular flexibility index (Phi) is 3.74. The monoisotopic (exact) mass is 348 g/mol. The molecule has 6 heteroatoms. The molecule has 4 N–H and O–H groups in total. The molecule has 0 radical (unpaired) electrons. The van der Waals surface area contributed by atoms with Crippen LogP contribution in [0.5, 0.6) is 0 Å². The third-order valence-corrected chi connectivity index (χ3v) is 5.01. The van der Waals surface area contributed by atoms with Crippen LogP contribution in [-0.4, -0.2) is 16.4 Å². The highest BCUT2D eigenvalue weighted by Crippen LogP contribution is 2.31. The van der Waals surface area contributed by atoms with Gasteiger partial charge in [0.2, 0.25) is 0 Å². The second kappa shape index (κ2) is 6.07. The van der Waals surface area contributed by atoms with Crippen molar-refractivity contribution in [2.75, 3.05) is 0 Å². The Balaban J connectivity index is 1.95. The Morgan fingerprint density at radius 3 is 2.56 bits per heavy atom. The van der Waals surface area contributed by atoms with Gasteiger partial charge in [-0.15, -0.1) is 11.3 Å². The maximum Gasteiger partial charge on any atom is 0.280 e. The van der Waals surface area contributed by atoms with Crippen molar-refractivity contribution in [3.05, 3.63) is 70.4 Å². The molecule has 0 aliphatic heterocycles. The van der Waals surface area contributed by atoms with E-state index in [4.69, 9.17) is 11.5 Å². The summed E-state index contributed by atoms with van der Waals surface area (Å²) < 4.78 is 2.22. The lowest BCUT2D eigenvalue weighted by molar-refractivity contribution is 0.100. The third kappa shape index (κ3) is 2.77. The van der Waals surface area contributed by atoms with Gasteiger partial charge in [-0.25, -0.2) is 0 Å². The first-order chi connectivity index (χ1) is 12.1. The number of nitrogens with zero attached hydrogens (tertiary/aromatic N) is 2. The molecule has 0 unspecified atom stereocenters. The van der Waals surface area contributed by atoms with Gasteiger partial charge in [0.15, 0.2) is 5.96 Å². The van der Waals surface area contributed by atoms with Crippen molar-refractivity contribution in [1.82, 2.24) is 4.57 Å². The lowest BCUT2D eigenvalue weighted by Gasteiger charge is -2.06. The number of benzene rings is 2. The van der Waals surface area contributed by atoms with Gasteiger partial charge < -0.3 is 16.0 Å². The Morgan fingerprint density at radius 2 is 1.80 bits per heavy atom. The first-order valence-electron chi connectivity index (χ1n) is 7.81. The lowest BCUT2D eigenvalue weighted by Crippen LogP contribution is -2.24. The van der Waals surface area contributed by atoms with Crippen molar-refractivity contribution in [2.45, 2.75) is 6.54 Å². The van der Waals surface area contributed by atoms with Gasteiger partial charge >= 0.3 is 0 Å². The van der Waals surface area contributed by atoms with Crippen LogP contribution in [-0.2, 0) is 6.54 Å². The fraction of sp³-hybridized carbons (Fsp3) is 0.0526. The van der Waals surface area contributed by atoms with E-state index in [1.807, 2.05) is 30.3 Å². The predicted molar refractivity (Wildman–Crippen MR) is 103 cm³/mol. The maximum atomic E-state index is 12.2. The summed E-state index contributed by atoms with van der Waals surface area (Å²) in [5, 5.41) is 4.33. The quantitative estimate of drug-likeness (QED) is 0.440. The van der Waals surface area contributed by atoms with E-state index in [9.17, 15) is 4.79 Å². The maximum absolute atomic E-state index is 12.2. The predicted octanol–water partition coefficient (Wildman–Crippen LogP) is 3.32. The molecule has 2 heterocycles. The number of aromatic nitrogens is 1. The van der Waals surface area contributed by atoms with E-state index in [-0.39, 0.29) is 5.96 Å². The van der Waals surface area contributed by atoms with Crippen molar-refractivity contribution in [2.24, 2.45) is 16.5 Å². The standard InChI is InChI=1S/C19H16N4OS/c20-19(21)22-18(24)12-7-8-15-14-5-1-2-6-16(14)23(17(15)10-12)11-13-4-3-9-25-13/h1-10H,11H2,(H4,20,21,22,24). The number of carbonyl (C=O) groups is 1. The summed E-state index contributed by atoms with van der Waals surface area (Å²) in [6.07, 6.45) is 0. The zero-order valence-corrected chi connectivity index (χ0v) is 14.2. The Bertz CT molecular complexity index is 1110. The summed E-state index contributed by atoms with van der Waals surface area (Å²) in [6.45, 7) is 0.752. The summed E-state index contributed by atoms with van der Waals surface area (Å²) in [5.74, 6) is -0.668. The van der Waals surface area contributed by atoms with E-state index in [0.717, 1.165) is 28.4 Å². The number of amides is 1. The molecule has 0 aliphatic carbocycles. The Morgan fingerprint density at radius 1 is 1.00 bits per heavy atom. The number of fused-ring (bicyclic) bond motifs is 3. The fourth-order valence-electron chi connectivity index (χ4n) is 3.09. The highest BCUT2D eigenvalue weighted by Gasteiger charge is 2.14. The second-order valence-corrected chi connectivity index (χ2v) is 6.79. The molecule has 2 aromatic carbocycles. The molecule has 0 fully saturated rings. The average Bonchev–Trinajstić information content (AvgIpc) is 3.21. The molecule has 0 saturated heterocycles. The van der Waals surface area contributed by atoms with E-state index in [0.29, 0.717) is 5.56 Å². The van der Waals surface area contributed by atoms with Gasteiger partial charge in [0.1, 0.15) is 0 Å². The zero-order chi connectivity index (χ0) is 17.4. The molecule has 0 atom stereocenters. The fourth-order valence-corrected chi connectivity index (χ4v) is 3.79. The first kappa shape index (κ1) is 15.4. The van der Waals surface area contributed by atoms with Gasteiger partial charge in [-0.1, -0.05) is 30.3 Å². The minimum Gasteiger partial charge on any atom is -0.370 e. The lowest BCUT2D eigenvalue weighted by atomic mass is 10.1. The van der Waals surface area contributed by atoms with E-state index in [1.165, 1.54) is 4.88 Å². The van der Waals surface area contributed by atoms with Crippen LogP contribution >= 0.6 is 11.3 Å². The summed E-state index contributed by atoms with van der Waals surface area (Å²) in [5.41, 5.74) is 13.3. The second-order valence-electron chi connectivity index (χ2n) is 5.76. The number of guanidine groups is 1. The molecule has 5 nitrogen and oxygen atoms in total. The largest absolute Gasteiger partial charge is 0.370 e. The topological polar surface area (TPSA) is 86.4 Å². The number of aliphatic imine (C=N–C) groups is 1. The van der Waals surface area contributed by atoms with Crippen LogP contribution in [0.1, 0.15) is 15.2 Å². The number of hydrogen-bond donors (Lipinski definition) is 2. The number of hydrogen-bond acceptors (Lipinski definition) is 2. The van der Waals surface area contributed by atoms with Crippen LogP contribution in [0, 0.1) is 0 Å². The molecule has 0 bridgehead atoms. The molecule has 4 aromatic rings. The molecular formula is C19H16N4OS. The number of carbonyl (C=O) groups excluding carboxylic acids is 1. The van der Waals surface area contributed by atoms with Crippen molar-refractivity contribution in [3.63, 3.8) is 0 Å². The van der Waals surface area contributed by atoms with E-state index >= 15 is 0 Å². The molecule has 0 aliphatic rings. The Labute approximate surface area is 148 Å². The number of nitrogens with two attached hydrogens (primary N) is 2. The molecule has 2 aromatic heterocycles. The smallest absolute Gasteiger partial charge is 0.280 e. The van der Waals surface area contributed by atoms with Crippen LogP contribution in [0.3, 0.4) is 0 Å². The van der Waals surface area contributed by atoms with E-state index in [2.05, 4.69) is 33.1 Å². The van der Waals surface area contributed by atoms with Gasteiger partial charge in [-0.3, -0.25) is 4.79 Å². The summed E-state index contributed by atoms with van der Waals surface area (Å²) in [4.78, 5) is 17.1. The van der Waals surface area contributed by atoms with Crippen LogP contribution < -0.4 is 11.5 Å². The molecule has 4 rings (SSSR count). The van der Waals surface area contributed by atoms with Crippen molar-refractivity contribution in [1.29, 1.82) is 0 Å². The number of rotatable bonds is 3. The van der Waals surface area contributed by atoms with Crippen LogP contribution in [0.4, 0.5) is 0 Å². The van der Waals surface area contributed by atoms with Gasteiger partial charge in [-0.2, -0.15) is 4.99 Å². The summed E-state index contributed by atoms with van der Waals surface area (Å²) >= 11 is 1.71. The van der Waals surface area contributed by atoms with Gasteiger partial charge in [0.25, 0.3) is 5.91 Å². The van der Waals surface area contributed by atoms with Gasteiger partial charge in [-0.05, 0) is 29.6 Å². The number of para-hydroxylation sites is 1. The van der Waals surface area contributed by atoms with E-state index in [1.54, 1.807) is 17.4 Å². The van der Waals surface area contributed by atoms with Crippen LogP contribution in [0.2, 0.25) is 0 Å². The Hall–Kier alpha value is -3.12. The summed E-state index contributed by atoms with van der Waals surface area (Å²) in [7, 11) is 0. The van der Waals surface area contributed by atoms with E-state index < -0.39 is 5.91 Å². The third-order valence-electron chi connectivity index (χ3n) is 4.15. The van der Waals surface area contributed by atoms with Gasteiger partial charge in [0, 0.05) is 26.7 Å². The molecular weight excluding hydrogens is 332 g/mol. The highest BCUT2D eigenvalue weighted by molar-refractivity contribution is 7.09. The van der Waals surface area contributed by atoms with Crippen LogP contribution in [0.25, 0.3) is 21.8 Å². The SMILES string of the molecule is NC(N)=NC(=O)c1ccc2c3ccccc3n(Cc3cccs3)c2c1. The first-order valence-corrected chi connectivity index (χ1v) is 8.69. The highest BCUT2D eigenvalue weighted by atomic mass is 32.1. The normalized spacial score (nSPS) is 11.0. The number of thiophene rings is 1.